The number of anilines is 1. The first-order valence-corrected chi connectivity index (χ1v) is 11.2. The van der Waals surface area contributed by atoms with E-state index in [-0.39, 0.29) is 16.0 Å². The van der Waals surface area contributed by atoms with Crippen molar-refractivity contribution >= 4 is 27.5 Å². The van der Waals surface area contributed by atoms with Gasteiger partial charge < -0.3 is 10.2 Å². The Hall–Kier alpha value is -2.81. The van der Waals surface area contributed by atoms with Crippen LogP contribution in [-0.2, 0) is 10.0 Å². The first kappa shape index (κ1) is 20.5. The highest BCUT2D eigenvalue weighted by atomic mass is 32.2. The van der Waals surface area contributed by atoms with Crippen molar-refractivity contribution in [3.05, 3.63) is 59.2 Å². The van der Waals surface area contributed by atoms with Crippen molar-refractivity contribution in [2.75, 3.05) is 11.4 Å². The lowest BCUT2D eigenvalue weighted by Gasteiger charge is -2.29. The molecule has 2 aliphatic rings. The summed E-state index contributed by atoms with van der Waals surface area (Å²) < 4.78 is 56.5. The van der Waals surface area contributed by atoms with Gasteiger partial charge >= 0.3 is 0 Å². The second-order valence-corrected chi connectivity index (χ2v) is 9.06. The van der Waals surface area contributed by atoms with Gasteiger partial charge in [0.1, 0.15) is 22.4 Å². The molecule has 9 heteroatoms. The van der Waals surface area contributed by atoms with Crippen LogP contribution in [0.2, 0.25) is 0 Å². The third-order valence-electron chi connectivity index (χ3n) is 5.39. The monoisotopic (exact) mass is 433 g/mol. The first-order chi connectivity index (χ1) is 14.3. The lowest BCUT2D eigenvalue weighted by atomic mass is 10.1. The molecule has 1 N–H and O–H groups in total. The summed E-state index contributed by atoms with van der Waals surface area (Å²) in [6, 6.07) is 6.86. The van der Waals surface area contributed by atoms with E-state index in [0.717, 1.165) is 31.4 Å². The number of amides is 1. The van der Waals surface area contributed by atoms with E-state index in [0.29, 0.717) is 24.5 Å². The zero-order chi connectivity index (χ0) is 21.5. The summed E-state index contributed by atoms with van der Waals surface area (Å²) in [4.78, 5) is 14.6. The molecular weight excluding hydrogens is 412 g/mol. The van der Waals surface area contributed by atoms with Crippen LogP contribution in [0.1, 0.15) is 54.6 Å². The number of benzene rings is 2. The first-order valence-electron chi connectivity index (χ1n) is 9.77. The fraction of sp³-hybridized carbons (Fsp3) is 0.333. The molecule has 2 aromatic carbocycles. The van der Waals surface area contributed by atoms with Gasteiger partial charge in [0, 0.05) is 30.2 Å². The summed E-state index contributed by atoms with van der Waals surface area (Å²) in [5.74, 6) is -1.49. The third-order valence-corrected chi connectivity index (χ3v) is 6.72. The molecule has 0 unspecified atom stereocenters. The summed E-state index contributed by atoms with van der Waals surface area (Å²) in [5.41, 5.74) is 0.783. The SMILES string of the molecule is C[C@H](NC(=O)c1ccc2c(c1)S(=O)(=O)N=C1CCCCCN12)c1ccc(F)cc1F. The van der Waals surface area contributed by atoms with E-state index in [1.54, 1.807) is 19.1 Å². The zero-order valence-electron chi connectivity index (χ0n) is 16.4. The Kier molecular flexibility index (Phi) is 5.31. The Bertz CT molecular complexity index is 1150. The normalized spacial score (nSPS) is 18.5. The van der Waals surface area contributed by atoms with Crippen LogP contribution in [0.25, 0.3) is 0 Å². The van der Waals surface area contributed by atoms with E-state index in [1.165, 1.54) is 12.1 Å². The van der Waals surface area contributed by atoms with Gasteiger partial charge in [-0.05, 0) is 44.0 Å². The van der Waals surface area contributed by atoms with Gasteiger partial charge in [0.15, 0.2) is 0 Å². The maximum absolute atomic E-state index is 14.0. The molecule has 30 heavy (non-hydrogen) atoms. The summed E-state index contributed by atoms with van der Waals surface area (Å²) in [5, 5.41) is 2.63. The van der Waals surface area contributed by atoms with Gasteiger partial charge in [-0.1, -0.05) is 12.5 Å². The number of hydrogen-bond acceptors (Lipinski definition) is 4. The minimum Gasteiger partial charge on any atom is -0.345 e. The second kappa shape index (κ2) is 7.79. The fourth-order valence-corrected chi connectivity index (χ4v) is 5.12. The van der Waals surface area contributed by atoms with Crippen LogP contribution in [0.15, 0.2) is 45.7 Å². The molecule has 1 amide bonds. The van der Waals surface area contributed by atoms with Gasteiger partial charge in [0.25, 0.3) is 15.9 Å². The number of sulfonamides is 1. The molecule has 2 aromatic rings. The lowest BCUT2D eigenvalue weighted by Crippen LogP contribution is -2.35. The van der Waals surface area contributed by atoms with E-state index >= 15 is 0 Å². The topological polar surface area (TPSA) is 78.8 Å². The van der Waals surface area contributed by atoms with Crippen molar-refractivity contribution in [1.29, 1.82) is 0 Å². The summed E-state index contributed by atoms with van der Waals surface area (Å²) in [7, 11) is -3.91. The molecule has 1 fully saturated rings. The van der Waals surface area contributed by atoms with Crippen LogP contribution in [0, 0.1) is 11.6 Å². The minimum absolute atomic E-state index is 0.0126. The predicted molar refractivity (Wildman–Crippen MR) is 109 cm³/mol. The Labute approximate surface area is 173 Å². The maximum Gasteiger partial charge on any atom is 0.286 e. The van der Waals surface area contributed by atoms with Crippen LogP contribution in [0.3, 0.4) is 0 Å². The molecule has 158 valence electrons. The highest BCUT2D eigenvalue weighted by Crippen LogP contribution is 2.35. The van der Waals surface area contributed by atoms with Crippen molar-refractivity contribution in [2.24, 2.45) is 4.40 Å². The zero-order valence-corrected chi connectivity index (χ0v) is 17.2. The summed E-state index contributed by atoms with van der Waals surface area (Å²) >= 11 is 0. The van der Waals surface area contributed by atoms with Crippen LogP contribution in [0.5, 0.6) is 0 Å². The fourth-order valence-electron chi connectivity index (χ4n) is 3.83. The molecule has 2 heterocycles. The minimum atomic E-state index is -3.91. The average molecular weight is 433 g/mol. The smallest absolute Gasteiger partial charge is 0.286 e. The Morgan fingerprint density at radius 1 is 1.13 bits per heavy atom. The highest BCUT2D eigenvalue weighted by Gasteiger charge is 2.32. The number of hydrogen-bond donors (Lipinski definition) is 1. The number of halogens is 2. The molecule has 0 spiro atoms. The molecule has 0 bridgehead atoms. The number of nitrogens with zero attached hydrogens (tertiary/aromatic N) is 2. The molecule has 4 rings (SSSR count). The largest absolute Gasteiger partial charge is 0.345 e. The predicted octanol–water partition coefficient (Wildman–Crippen LogP) is 3.94. The molecule has 0 aromatic heterocycles. The van der Waals surface area contributed by atoms with Gasteiger partial charge in [0.2, 0.25) is 0 Å². The van der Waals surface area contributed by atoms with Crippen molar-refractivity contribution in [1.82, 2.24) is 5.32 Å². The lowest BCUT2D eigenvalue weighted by molar-refractivity contribution is 0.0939. The highest BCUT2D eigenvalue weighted by molar-refractivity contribution is 7.90. The van der Waals surface area contributed by atoms with Crippen molar-refractivity contribution in [3.63, 3.8) is 0 Å². The van der Waals surface area contributed by atoms with Crippen molar-refractivity contribution < 1.29 is 22.0 Å². The maximum atomic E-state index is 14.0. The summed E-state index contributed by atoms with van der Waals surface area (Å²) in [6.07, 6.45) is 3.42. The summed E-state index contributed by atoms with van der Waals surface area (Å²) in [6.45, 7) is 2.24. The van der Waals surface area contributed by atoms with Crippen molar-refractivity contribution in [2.45, 2.75) is 43.5 Å². The Morgan fingerprint density at radius 3 is 2.70 bits per heavy atom. The van der Waals surface area contributed by atoms with E-state index < -0.39 is 33.6 Å². The van der Waals surface area contributed by atoms with Gasteiger partial charge in [-0.3, -0.25) is 4.79 Å². The van der Waals surface area contributed by atoms with Gasteiger partial charge in [-0.15, -0.1) is 4.40 Å². The molecular formula is C21H21F2N3O3S. The Balaban J connectivity index is 1.62. The van der Waals surface area contributed by atoms with Gasteiger partial charge in [-0.2, -0.15) is 8.42 Å². The number of carbonyl (C=O) groups excluding carboxylic acids is 1. The molecule has 0 saturated carbocycles. The molecule has 1 saturated heterocycles. The van der Waals surface area contributed by atoms with Crippen LogP contribution < -0.4 is 10.2 Å². The van der Waals surface area contributed by atoms with E-state index in [4.69, 9.17) is 0 Å². The number of carbonyl (C=O) groups is 1. The second-order valence-electron chi connectivity index (χ2n) is 7.49. The van der Waals surface area contributed by atoms with Crippen molar-refractivity contribution in [3.8, 4) is 0 Å². The molecule has 6 nitrogen and oxygen atoms in total. The van der Waals surface area contributed by atoms with Gasteiger partial charge in [0.05, 0.1) is 11.7 Å². The van der Waals surface area contributed by atoms with Crippen LogP contribution in [-0.4, -0.2) is 26.7 Å². The molecule has 1 atom stereocenters. The van der Waals surface area contributed by atoms with E-state index in [1.807, 2.05) is 4.90 Å². The third kappa shape index (κ3) is 3.81. The molecule has 0 aliphatic carbocycles. The average Bonchev–Trinajstić information content (AvgIpc) is 2.92. The van der Waals surface area contributed by atoms with E-state index in [2.05, 4.69) is 9.71 Å². The number of amidine groups is 1. The quantitative estimate of drug-likeness (QED) is 0.795. The molecule has 2 aliphatic heterocycles. The standard InChI is InChI=1S/C21H21F2N3O3S/c1-13(16-8-7-15(22)12-17(16)23)24-21(27)14-6-9-18-19(11-14)30(28,29)25-20-5-3-2-4-10-26(18)20/h6-9,11-13H,2-5,10H2,1H3,(H,24,27)/t13-/m0/s1. The number of fused-ring (bicyclic) bond motifs is 3. The van der Waals surface area contributed by atoms with Crippen LogP contribution >= 0.6 is 0 Å². The number of rotatable bonds is 3. The van der Waals surface area contributed by atoms with E-state index in [9.17, 15) is 22.0 Å². The molecule has 0 radical (unpaired) electrons. The van der Waals surface area contributed by atoms with Crippen LogP contribution in [0.4, 0.5) is 14.5 Å². The Morgan fingerprint density at radius 2 is 1.93 bits per heavy atom. The van der Waals surface area contributed by atoms with Gasteiger partial charge in [-0.25, -0.2) is 8.78 Å². The number of nitrogens with one attached hydrogen (secondary N) is 1.